The Hall–Kier alpha value is -5.42. The monoisotopic (exact) mass is 859 g/mol. The SMILES string of the molecule is C.CC(C)(C)CC1=NCNC1=O.CC(C)(C)CN1N=NCC1=O.CC(C)(C)Cc1cc(O)co1.CC(C)C1=NCNC1=O.CC(C)N1N=NCC1=O.CC(C)c1cc(O)co1. The maximum atomic E-state index is 11.0. The molecule has 6 heterocycles. The predicted molar refractivity (Wildman–Crippen MR) is 237 cm³/mol. The highest BCUT2D eigenvalue weighted by Crippen LogP contribution is 2.24. The highest BCUT2D eigenvalue weighted by Gasteiger charge is 2.25. The third kappa shape index (κ3) is 23.8. The molecule has 0 atom stereocenters. The summed E-state index contributed by atoms with van der Waals surface area (Å²) < 4.78 is 10.1. The van der Waals surface area contributed by atoms with Gasteiger partial charge in [0.2, 0.25) is 0 Å². The van der Waals surface area contributed by atoms with Crippen molar-refractivity contribution in [2.24, 2.45) is 52.8 Å². The van der Waals surface area contributed by atoms with Crippen LogP contribution in [0.15, 0.2) is 64.2 Å². The van der Waals surface area contributed by atoms with E-state index in [1.54, 1.807) is 12.1 Å². The minimum absolute atomic E-state index is 0. The molecule has 4 amide bonds. The largest absolute Gasteiger partial charge is 0.505 e. The minimum atomic E-state index is -0.00926. The van der Waals surface area contributed by atoms with Gasteiger partial charge in [0.15, 0.2) is 11.5 Å². The van der Waals surface area contributed by atoms with Crippen molar-refractivity contribution < 1.29 is 38.2 Å². The molecule has 4 aliphatic rings. The van der Waals surface area contributed by atoms with Crippen LogP contribution in [-0.2, 0) is 25.6 Å². The zero-order chi connectivity index (χ0) is 46.0. The molecular formula is C43H74N10O8. The first-order chi connectivity index (χ1) is 27.6. The van der Waals surface area contributed by atoms with Crippen molar-refractivity contribution in [2.75, 3.05) is 33.0 Å². The van der Waals surface area contributed by atoms with Crippen molar-refractivity contribution in [1.29, 1.82) is 0 Å². The molecule has 4 N–H and O–H groups in total. The average Bonchev–Trinajstić information content (AvgIpc) is 3.96. The standard InChI is InChI=1S/C9H14O2.C8H14N2O.C7H13N3O.C7H10O2.C6H10N2O.C5H9N3O.CH4/c1-9(2,3)5-8-4-7(10)6-11-8;1-8(2,3)4-6-7(11)10-5-9-6;1-7(2,3)5-10-6(11)4-8-9-10;1-5(2)7-3-6(8)4-9-7;1-4(2)5-6(9)8-3-7-5;1-4(2)8-5(9)3-6-7-8;/h4,6,10H,5H2,1-3H3;4-5H2,1-3H3,(H,10,11);4-5H2,1-3H3;3-5,8H,1-2H3;4H,3H2,1-2H3,(H,8,9);4H,3H2,1-2H3;1H4. The maximum Gasteiger partial charge on any atom is 0.267 e. The third-order valence-corrected chi connectivity index (χ3v) is 7.66. The molecule has 344 valence electrons. The van der Waals surface area contributed by atoms with Crippen molar-refractivity contribution >= 4 is 35.1 Å². The van der Waals surface area contributed by atoms with Crippen LogP contribution in [0.2, 0.25) is 0 Å². The van der Waals surface area contributed by atoms with Gasteiger partial charge in [0.1, 0.15) is 61.9 Å². The van der Waals surface area contributed by atoms with E-state index >= 15 is 0 Å². The van der Waals surface area contributed by atoms with E-state index in [1.165, 1.54) is 22.5 Å². The van der Waals surface area contributed by atoms with Gasteiger partial charge in [-0.3, -0.25) is 29.2 Å². The van der Waals surface area contributed by atoms with Gasteiger partial charge in [-0.15, -0.1) is 0 Å². The minimum Gasteiger partial charge on any atom is -0.505 e. The molecule has 0 aromatic carbocycles. The second-order valence-electron chi connectivity index (χ2n) is 18.9. The molecule has 61 heavy (non-hydrogen) atoms. The Labute approximate surface area is 362 Å². The Morgan fingerprint density at radius 1 is 0.672 bits per heavy atom. The summed E-state index contributed by atoms with van der Waals surface area (Å²) in [6.07, 6.45) is 4.32. The summed E-state index contributed by atoms with van der Waals surface area (Å²) >= 11 is 0. The fourth-order valence-electron chi connectivity index (χ4n) is 5.00. The van der Waals surface area contributed by atoms with E-state index in [0.29, 0.717) is 37.2 Å². The van der Waals surface area contributed by atoms with Crippen LogP contribution in [0.3, 0.4) is 0 Å². The predicted octanol–water partition coefficient (Wildman–Crippen LogP) is 8.29. The first-order valence-corrected chi connectivity index (χ1v) is 20.1. The molecule has 0 aliphatic carbocycles. The van der Waals surface area contributed by atoms with Gasteiger partial charge in [-0.2, -0.15) is 10.2 Å². The Morgan fingerprint density at radius 3 is 1.49 bits per heavy atom. The van der Waals surface area contributed by atoms with Crippen molar-refractivity contribution in [3.8, 4) is 11.5 Å². The quantitative estimate of drug-likeness (QED) is 0.220. The van der Waals surface area contributed by atoms with Crippen LogP contribution >= 0.6 is 0 Å². The Balaban J connectivity index is 0.000000708. The van der Waals surface area contributed by atoms with Gasteiger partial charge in [0.25, 0.3) is 23.6 Å². The highest BCUT2D eigenvalue weighted by atomic mass is 16.4. The Bertz CT molecular complexity index is 1800. The first-order valence-electron chi connectivity index (χ1n) is 20.1. The van der Waals surface area contributed by atoms with Gasteiger partial charge in [0, 0.05) is 30.4 Å². The van der Waals surface area contributed by atoms with Crippen molar-refractivity contribution in [1.82, 2.24) is 20.7 Å². The van der Waals surface area contributed by atoms with E-state index in [1.807, 2.05) is 41.5 Å². The lowest BCUT2D eigenvalue weighted by Gasteiger charge is -2.21. The third-order valence-electron chi connectivity index (χ3n) is 7.66. The lowest BCUT2D eigenvalue weighted by atomic mass is 9.89. The molecule has 18 nitrogen and oxygen atoms in total. The normalized spacial score (nSPS) is 15.6. The summed E-state index contributed by atoms with van der Waals surface area (Å²) in [5.41, 5.74) is 1.83. The molecule has 0 unspecified atom stereocenters. The Morgan fingerprint density at radius 2 is 1.20 bits per heavy atom. The second-order valence-corrected chi connectivity index (χ2v) is 18.9. The van der Waals surface area contributed by atoms with Gasteiger partial charge in [-0.05, 0) is 36.5 Å². The van der Waals surface area contributed by atoms with Gasteiger partial charge < -0.3 is 29.7 Å². The highest BCUT2D eigenvalue weighted by molar-refractivity contribution is 6.40. The average molecular weight is 859 g/mol. The van der Waals surface area contributed by atoms with Crippen LogP contribution < -0.4 is 10.6 Å². The lowest BCUT2D eigenvalue weighted by molar-refractivity contribution is -0.129. The number of hydrogen-bond donors (Lipinski definition) is 4. The first kappa shape index (κ1) is 55.6. The van der Waals surface area contributed by atoms with Crippen LogP contribution in [0.5, 0.6) is 11.5 Å². The Kier molecular flexibility index (Phi) is 23.1. The van der Waals surface area contributed by atoms with Crippen LogP contribution in [-0.4, -0.2) is 94.3 Å². The summed E-state index contributed by atoms with van der Waals surface area (Å²) in [6, 6.07) is 3.43. The molecule has 18 heteroatoms. The number of nitrogens with zero attached hydrogens (tertiary/aromatic N) is 8. The molecule has 0 fully saturated rings. The number of furan rings is 2. The summed E-state index contributed by atoms with van der Waals surface area (Å²) in [5, 5.41) is 40.4. The van der Waals surface area contributed by atoms with Gasteiger partial charge in [0.05, 0.1) is 12.6 Å². The van der Waals surface area contributed by atoms with E-state index in [9.17, 15) is 19.2 Å². The smallest absolute Gasteiger partial charge is 0.267 e. The molecule has 0 radical (unpaired) electrons. The molecule has 0 spiro atoms. The zero-order valence-corrected chi connectivity index (χ0v) is 38.4. The van der Waals surface area contributed by atoms with Gasteiger partial charge in [-0.25, -0.2) is 10.0 Å². The summed E-state index contributed by atoms with van der Waals surface area (Å²) in [7, 11) is 0. The number of aromatic hydroxyl groups is 2. The summed E-state index contributed by atoms with van der Waals surface area (Å²) in [6.45, 7) is 32.7. The number of carbonyl (C=O) groups excluding carboxylic acids is 4. The molecule has 2 aromatic heterocycles. The van der Waals surface area contributed by atoms with Crippen LogP contribution in [0.4, 0.5) is 0 Å². The van der Waals surface area contributed by atoms with E-state index in [0.717, 1.165) is 24.4 Å². The number of rotatable bonds is 6. The number of carbonyl (C=O) groups is 4. The molecule has 2 aromatic rings. The fourth-order valence-corrected chi connectivity index (χ4v) is 5.00. The van der Waals surface area contributed by atoms with E-state index in [4.69, 9.17) is 19.0 Å². The van der Waals surface area contributed by atoms with E-state index < -0.39 is 0 Å². The summed E-state index contributed by atoms with van der Waals surface area (Å²) in [5.74, 6) is 2.68. The molecule has 0 saturated heterocycles. The van der Waals surface area contributed by atoms with Crippen molar-refractivity contribution in [2.45, 2.75) is 136 Å². The van der Waals surface area contributed by atoms with E-state index in [2.05, 4.69) is 104 Å². The molecule has 0 saturated carbocycles. The molecule has 4 aliphatic heterocycles. The summed E-state index contributed by atoms with van der Waals surface area (Å²) in [4.78, 5) is 51.6. The van der Waals surface area contributed by atoms with Crippen LogP contribution in [0.1, 0.15) is 135 Å². The van der Waals surface area contributed by atoms with Crippen LogP contribution in [0, 0.1) is 22.2 Å². The number of aliphatic imine (C=N–C) groups is 2. The maximum absolute atomic E-state index is 11.0. The van der Waals surface area contributed by atoms with Crippen LogP contribution in [0.25, 0.3) is 0 Å². The zero-order valence-electron chi connectivity index (χ0n) is 38.4. The number of hydrogen-bond acceptors (Lipinski definition) is 14. The van der Waals surface area contributed by atoms with Gasteiger partial charge in [-0.1, -0.05) is 108 Å². The second kappa shape index (κ2) is 25.4. The topological polar surface area (TPSA) is 240 Å². The van der Waals surface area contributed by atoms with E-state index in [-0.39, 0.29) is 83.8 Å². The fraction of sp³-hybridized carbons (Fsp3) is 0.674. The number of nitrogens with one attached hydrogen (secondary N) is 2. The molecule has 0 bridgehead atoms. The molecular weight excluding hydrogens is 785 g/mol. The van der Waals surface area contributed by atoms with Gasteiger partial charge >= 0.3 is 0 Å². The number of amides is 4. The van der Waals surface area contributed by atoms with Crippen molar-refractivity contribution in [3.05, 3.63) is 36.2 Å². The van der Waals surface area contributed by atoms with Crippen molar-refractivity contribution in [3.63, 3.8) is 0 Å². The molecule has 6 rings (SSSR count). The lowest BCUT2D eigenvalue weighted by Crippen LogP contribution is -2.31.